The van der Waals surface area contributed by atoms with Gasteiger partial charge in [-0.2, -0.15) is 0 Å². The number of hydrogen-bond acceptors (Lipinski definition) is 2. The van der Waals surface area contributed by atoms with Gasteiger partial charge in [0.1, 0.15) is 6.04 Å². The second kappa shape index (κ2) is 5.17. The van der Waals surface area contributed by atoms with Crippen LogP contribution >= 0.6 is 12.2 Å². The number of imidazole rings is 1. The van der Waals surface area contributed by atoms with E-state index in [9.17, 15) is 4.79 Å². The van der Waals surface area contributed by atoms with Gasteiger partial charge in [-0.25, -0.2) is 0 Å². The molecule has 102 valence electrons. The summed E-state index contributed by atoms with van der Waals surface area (Å²) in [6.45, 7) is 7.79. The van der Waals surface area contributed by atoms with Gasteiger partial charge in [-0.05, 0) is 57.6 Å². The van der Waals surface area contributed by atoms with Gasteiger partial charge in [0.2, 0.25) is 5.91 Å². The highest BCUT2D eigenvalue weighted by atomic mass is 32.1. The van der Waals surface area contributed by atoms with Gasteiger partial charge in [-0.3, -0.25) is 4.79 Å². The fourth-order valence-electron chi connectivity index (χ4n) is 2.15. The van der Waals surface area contributed by atoms with Crippen molar-refractivity contribution in [2.45, 2.75) is 39.8 Å². The van der Waals surface area contributed by atoms with Crippen molar-refractivity contribution in [2.24, 2.45) is 0 Å². The maximum atomic E-state index is 12.1. The Morgan fingerprint density at radius 1 is 1.37 bits per heavy atom. The summed E-state index contributed by atoms with van der Waals surface area (Å²) >= 11 is 5.33. The van der Waals surface area contributed by atoms with Crippen LogP contribution in [-0.4, -0.2) is 21.5 Å². The number of carbonyl (C=O) groups is 1. The minimum Gasteiger partial charge on any atom is -0.352 e. The second-order valence-electron chi connectivity index (χ2n) is 5.16. The Morgan fingerprint density at radius 2 is 2.05 bits per heavy atom. The Morgan fingerprint density at radius 3 is 2.68 bits per heavy atom. The average molecular weight is 277 g/mol. The molecule has 1 aromatic heterocycles. The van der Waals surface area contributed by atoms with Crippen molar-refractivity contribution < 1.29 is 4.79 Å². The summed E-state index contributed by atoms with van der Waals surface area (Å²) in [7, 11) is 0. The van der Waals surface area contributed by atoms with E-state index in [-0.39, 0.29) is 18.0 Å². The molecule has 0 aliphatic heterocycles. The number of aromatic amines is 1. The van der Waals surface area contributed by atoms with Crippen LogP contribution in [0.3, 0.4) is 0 Å². The zero-order valence-electron chi connectivity index (χ0n) is 11.7. The number of rotatable bonds is 3. The van der Waals surface area contributed by atoms with Crippen LogP contribution < -0.4 is 5.32 Å². The number of amides is 1. The molecule has 0 aliphatic rings. The van der Waals surface area contributed by atoms with E-state index in [0.717, 1.165) is 16.6 Å². The topological polar surface area (TPSA) is 49.8 Å². The molecular weight excluding hydrogens is 258 g/mol. The number of benzene rings is 1. The van der Waals surface area contributed by atoms with Gasteiger partial charge in [0.05, 0.1) is 11.0 Å². The number of aromatic nitrogens is 2. The Hall–Kier alpha value is -1.62. The van der Waals surface area contributed by atoms with Crippen LogP contribution in [0.25, 0.3) is 11.0 Å². The maximum Gasteiger partial charge on any atom is 0.243 e. The van der Waals surface area contributed by atoms with E-state index in [4.69, 9.17) is 12.2 Å². The van der Waals surface area contributed by atoms with Gasteiger partial charge in [-0.15, -0.1) is 0 Å². The Balaban J connectivity index is 2.47. The van der Waals surface area contributed by atoms with Crippen LogP contribution in [0.15, 0.2) is 18.2 Å². The SMILES string of the molecule is Cc1ccc2c(c1)[nH]c(=S)n2C(C)C(=O)NC(C)C. The van der Waals surface area contributed by atoms with Crippen molar-refractivity contribution in [3.05, 3.63) is 28.5 Å². The van der Waals surface area contributed by atoms with Crippen molar-refractivity contribution in [3.63, 3.8) is 0 Å². The molecule has 0 bridgehead atoms. The predicted molar refractivity (Wildman–Crippen MR) is 79.8 cm³/mol. The summed E-state index contributed by atoms with van der Waals surface area (Å²) in [4.78, 5) is 15.3. The molecule has 4 nitrogen and oxygen atoms in total. The van der Waals surface area contributed by atoms with Gasteiger partial charge in [0.15, 0.2) is 4.77 Å². The van der Waals surface area contributed by atoms with Crippen molar-refractivity contribution >= 4 is 29.2 Å². The van der Waals surface area contributed by atoms with Gasteiger partial charge >= 0.3 is 0 Å². The molecule has 0 saturated heterocycles. The number of fused-ring (bicyclic) bond motifs is 1. The molecule has 0 fully saturated rings. The molecule has 19 heavy (non-hydrogen) atoms. The fraction of sp³-hybridized carbons (Fsp3) is 0.429. The first kappa shape index (κ1) is 13.8. The number of H-pyrrole nitrogens is 1. The number of carbonyl (C=O) groups excluding carboxylic acids is 1. The molecule has 0 spiro atoms. The number of nitrogens with one attached hydrogen (secondary N) is 2. The predicted octanol–water partition coefficient (Wildman–Crippen LogP) is 3.09. The Bertz CT molecular complexity index is 669. The lowest BCUT2D eigenvalue weighted by atomic mass is 10.2. The van der Waals surface area contributed by atoms with E-state index in [1.807, 2.05) is 50.5 Å². The average Bonchev–Trinajstić information content (AvgIpc) is 2.62. The first-order valence-corrected chi connectivity index (χ1v) is 6.82. The van der Waals surface area contributed by atoms with Crippen LogP contribution in [0.1, 0.15) is 32.4 Å². The van der Waals surface area contributed by atoms with E-state index in [1.54, 1.807) is 0 Å². The van der Waals surface area contributed by atoms with Crippen LogP contribution in [0.5, 0.6) is 0 Å². The van der Waals surface area contributed by atoms with E-state index in [1.165, 1.54) is 0 Å². The monoisotopic (exact) mass is 277 g/mol. The standard InChI is InChI=1S/C14H19N3OS/c1-8(2)15-13(18)10(4)17-12-6-5-9(3)7-11(12)16-14(17)19/h5-8,10H,1-4H3,(H,15,18)(H,16,19). The molecule has 1 aromatic carbocycles. The fourth-order valence-corrected chi connectivity index (χ4v) is 2.52. The van der Waals surface area contributed by atoms with Crippen molar-refractivity contribution in [1.82, 2.24) is 14.9 Å². The smallest absolute Gasteiger partial charge is 0.243 e. The zero-order valence-corrected chi connectivity index (χ0v) is 12.5. The molecule has 2 aromatic rings. The second-order valence-corrected chi connectivity index (χ2v) is 5.55. The molecule has 0 radical (unpaired) electrons. The van der Waals surface area contributed by atoms with Gasteiger partial charge in [0, 0.05) is 6.04 Å². The maximum absolute atomic E-state index is 12.1. The Kier molecular flexibility index (Phi) is 3.75. The van der Waals surface area contributed by atoms with Crippen molar-refractivity contribution in [1.29, 1.82) is 0 Å². The highest BCUT2D eigenvalue weighted by Gasteiger charge is 2.18. The summed E-state index contributed by atoms with van der Waals surface area (Å²) in [6.07, 6.45) is 0. The lowest BCUT2D eigenvalue weighted by molar-refractivity contribution is -0.124. The molecule has 2 N–H and O–H groups in total. The minimum atomic E-state index is -0.327. The van der Waals surface area contributed by atoms with Crippen LogP contribution in [0.4, 0.5) is 0 Å². The van der Waals surface area contributed by atoms with Crippen LogP contribution in [-0.2, 0) is 4.79 Å². The lowest BCUT2D eigenvalue weighted by Gasteiger charge is -2.16. The molecule has 0 saturated carbocycles. The largest absolute Gasteiger partial charge is 0.352 e. The first-order valence-electron chi connectivity index (χ1n) is 6.41. The van der Waals surface area contributed by atoms with E-state index < -0.39 is 0 Å². The third kappa shape index (κ3) is 2.71. The molecular formula is C14H19N3OS. The number of hydrogen-bond donors (Lipinski definition) is 2. The normalized spacial score (nSPS) is 12.9. The number of aryl methyl sites for hydroxylation is 1. The third-order valence-electron chi connectivity index (χ3n) is 3.07. The third-order valence-corrected chi connectivity index (χ3v) is 3.37. The molecule has 2 rings (SSSR count). The molecule has 1 heterocycles. The summed E-state index contributed by atoms with van der Waals surface area (Å²) in [6, 6.07) is 5.85. The van der Waals surface area contributed by atoms with Crippen LogP contribution in [0.2, 0.25) is 0 Å². The first-order chi connectivity index (χ1) is 8.90. The molecule has 0 aliphatic carbocycles. The van der Waals surface area contributed by atoms with E-state index in [0.29, 0.717) is 4.77 Å². The number of nitrogens with zero attached hydrogens (tertiary/aromatic N) is 1. The van der Waals surface area contributed by atoms with Crippen molar-refractivity contribution in [2.75, 3.05) is 0 Å². The summed E-state index contributed by atoms with van der Waals surface area (Å²) < 4.78 is 2.44. The summed E-state index contributed by atoms with van der Waals surface area (Å²) in [5, 5.41) is 2.91. The molecule has 1 atom stereocenters. The lowest BCUT2D eigenvalue weighted by Crippen LogP contribution is -2.35. The van der Waals surface area contributed by atoms with Gasteiger partial charge in [0.25, 0.3) is 0 Å². The van der Waals surface area contributed by atoms with Gasteiger partial charge in [-0.1, -0.05) is 6.07 Å². The highest BCUT2D eigenvalue weighted by molar-refractivity contribution is 7.71. The molecule has 1 unspecified atom stereocenters. The summed E-state index contributed by atoms with van der Waals surface area (Å²) in [5.74, 6) is -0.0208. The van der Waals surface area contributed by atoms with E-state index >= 15 is 0 Å². The zero-order chi connectivity index (χ0) is 14.2. The van der Waals surface area contributed by atoms with Crippen LogP contribution in [0, 0.1) is 11.7 Å². The van der Waals surface area contributed by atoms with E-state index in [2.05, 4.69) is 10.3 Å². The molecule has 1 amide bonds. The minimum absolute atomic E-state index is 0.0208. The quantitative estimate of drug-likeness (QED) is 0.847. The summed E-state index contributed by atoms with van der Waals surface area (Å²) in [5.41, 5.74) is 3.09. The highest BCUT2D eigenvalue weighted by Crippen LogP contribution is 2.20. The van der Waals surface area contributed by atoms with Gasteiger partial charge < -0.3 is 14.9 Å². The Labute approximate surface area is 117 Å². The van der Waals surface area contributed by atoms with Crippen molar-refractivity contribution in [3.8, 4) is 0 Å². The molecule has 5 heteroatoms.